The summed E-state index contributed by atoms with van der Waals surface area (Å²) in [7, 11) is 1.93. The second-order valence-corrected chi connectivity index (χ2v) is 5.90. The van der Waals surface area contributed by atoms with Crippen LogP contribution in [-0.4, -0.2) is 43.4 Å². The number of amides is 1. The van der Waals surface area contributed by atoms with Crippen LogP contribution in [0.1, 0.15) is 19.3 Å². The first-order chi connectivity index (χ1) is 10.2. The molecule has 2 aliphatic rings. The van der Waals surface area contributed by atoms with Crippen molar-refractivity contribution in [1.29, 1.82) is 0 Å². The highest BCUT2D eigenvalue weighted by molar-refractivity contribution is 5.93. The van der Waals surface area contributed by atoms with Crippen LogP contribution in [-0.2, 0) is 9.53 Å². The van der Waals surface area contributed by atoms with Crippen molar-refractivity contribution in [2.75, 3.05) is 30.4 Å². The molecular weight excluding hydrogens is 268 g/mol. The van der Waals surface area contributed by atoms with Crippen LogP contribution in [0.3, 0.4) is 0 Å². The zero-order valence-corrected chi connectivity index (χ0v) is 12.3. The molecule has 2 aliphatic heterocycles. The van der Waals surface area contributed by atoms with Crippen LogP contribution in [0.15, 0.2) is 24.3 Å². The van der Waals surface area contributed by atoms with Gasteiger partial charge in [-0.2, -0.15) is 0 Å². The van der Waals surface area contributed by atoms with Gasteiger partial charge in [-0.15, -0.1) is 0 Å². The van der Waals surface area contributed by atoms with Crippen LogP contribution in [0, 0.1) is 5.92 Å². The Morgan fingerprint density at radius 3 is 2.71 bits per heavy atom. The Morgan fingerprint density at radius 1 is 1.38 bits per heavy atom. The van der Waals surface area contributed by atoms with Crippen LogP contribution in [0.5, 0.6) is 0 Å². The van der Waals surface area contributed by atoms with Gasteiger partial charge in [0.25, 0.3) is 0 Å². The van der Waals surface area contributed by atoms with Crippen LogP contribution < -0.4 is 10.2 Å². The molecule has 0 spiro atoms. The number of carbonyl (C=O) groups is 1. The van der Waals surface area contributed by atoms with Crippen LogP contribution in [0.4, 0.5) is 11.4 Å². The number of ether oxygens (including phenoxy) is 1. The number of rotatable bonds is 5. The number of anilines is 2. The highest BCUT2D eigenvalue weighted by Gasteiger charge is 2.44. The van der Waals surface area contributed by atoms with Gasteiger partial charge in [-0.1, -0.05) is 0 Å². The summed E-state index contributed by atoms with van der Waals surface area (Å²) in [5, 5.41) is 11.9. The number of fused-ring (bicyclic) bond motifs is 2. The number of nitrogens with zero attached hydrogens (tertiary/aromatic N) is 1. The lowest BCUT2D eigenvalue weighted by atomic mass is 9.88. The Kier molecular flexibility index (Phi) is 4.12. The number of aliphatic hydroxyl groups excluding tert-OH is 1. The third-order valence-electron chi connectivity index (χ3n) is 4.45. The molecule has 3 atom stereocenters. The van der Waals surface area contributed by atoms with Crippen LogP contribution >= 0.6 is 0 Å². The topological polar surface area (TPSA) is 61.8 Å². The predicted molar refractivity (Wildman–Crippen MR) is 81.4 cm³/mol. The summed E-state index contributed by atoms with van der Waals surface area (Å²) in [6.07, 6.45) is 3.37. The molecule has 0 radical (unpaired) electrons. The molecule has 5 nitrogen and oxygen atoms in total. The van der Waals surface area contributed by atoms with E-state index in [0.717, 1.165) is 30.6 Å². The molecule has 2 heterocycles. The molecule has 2 N–H and O–H groups in total. The lowest BCUT2D eigenvalue weighted by Gasteiger charge is -2.20. The quantitative estimate of drug-likeness (QED) is 0.865. The molecule has 0 saturated carbocycles. The summed E-state index contributed by atoms with van der Waals surface area (Å²) in [6.45, 7) is 0.716. The van der Waals surface area contributed by atoms with Gasteiger partial charge >= 0.3 is 0 Å². The molecule has 0 aliphatic carbocycles. The maximum absolute atomic E-state index is 12.3. The standard InChI is InChI=1S/C16H22N2O3/c1-18(8-9-19)12-4-2-11(3-5-12)17-16(20)14-10-13-6-7-15(14)21-13/h2-5,13-15,19H,6-10H2,1H3,(H,17,20). The van der Waals surface area contributed by atoms with E-state index in [1.54, 1.807) is 0 Å². The van der Waals surface area contributed by atoms with E-state index in [2.05, 4.69) is 5.32 Å². The number of nitrogens with one attached hydrogen (secondary N) is 1. The Balaban J connectivity index is 1.59. The number of likely N-dealkylation sites (N-methyl/N-ethyl adjacent to an activating group) is 1. The molecule has 1 aromatic carbocycles. The smallest absolute Gasteiger partial charge is 0.230 e. The van der Waals surface area contributed by atoms with E-state index in [9.17, 15) is 4.79 Å². The van der Waals surface area contributed by atoms with Crippen LogP contribution in [0.2, 0.25) is 0 Å². The number of aliphatic hydroxyl groups is 1. The van der Waals surface area contributed by atoms with Crippen molar-refractivity contribution in [2.24, 2.45) is 5.92 Å². The number of carbonyl (C=O) groups excluding carboxylic acids is 1. The highest BCUT2D eigenvalue weighted by Crippen LogP contribution is 2.39. The molecule has 3 rings (SSSR count). The number of hydrogen-bond acceptors (Lipinski definition) is 4. The van der Waals surface area contributed by atoms with Gasteiger partial charge in [0, 0.05) is 25.0 Å². The molecule has 3 unspecified atom stereocenters. The second-order valence-electron chi connectivity index (χ2n) is 5.90. The average Bonchev–Trinajstić information content (AvgIpc) is 3.11. The normalized spacial score (nSPS) is 26.9. The lowest BCUT2D eigenvalue weighted by Crippen LogP contribution is -2.30. The first-order valence-corrected chi connectivity index (χ1v) is 7.56. The van der Waals surface area contributed by atoms with E-state index in [-0.39, 0.29) is 24.5 Å². The van der Waals surface area contributed by atoms with Gasteiger partial charge in [-0.05, 0) is 43.5 Å². The summed E-state index contributed by atoms with van der Waals surface area (Å²) < 4.78 is 5.73. The van der Waals surface area contributed by atoms with Gasteiger partial charge < -0.3 is 20.1 Å². The van der Waals surface area contributed by atoms with Crippen molar-refractivity contribution in [3.63, 3.8) is 0 Å². The molecule has 5 heteroatoms. The van der Waals surface area contributed by atoms with Crippen molar-refractivity contribution in [1.82, 2.24) is 0 Å². The first-order valence-electron chi connectivity index (χ1n) is 7.56. The maximum atomic E-state index is 12.3. The van der Waals surface area contributed by atoms with Gasteiger partial charge in [0.15, 0.2) is 0 Å². The summed E-state index contributed by atoms with van der Waals surface area (Å²) in [6, 6.07) is 7.69. The van der Waals surface area contributed by atoms with Crippen molar-refractivity contribution in [2.45, 2.75) is 31.5 Å². The Bertz CT molecular complexity index is 503. The summed E-state index contributed by atoms with van der Waals surface area (Å²) in [5.41, 5.74) is 1.83. The van der Waals surface area contributed by atoms with Crippen molar-refractivity contribution in [3.05, 3.63) is 24.3 Å². The van der Waals surface area contributed by atoms with Gasteiger partial charge in [0.05, 0.1) is 24.7 Å². The molecular formula is C16H22N2O3. The average molecular weight is 290 g/mol. The third kappa shape index (κ3) is 3.04. The monoisotopic (exact) mass is 290 g/mol. The van der Waals surface area contributed by atoms with Gasteiger partial charge in [-0.3, -0.25) is 4.79 Å². The fourth-order valence-corrected chi connectivity index (χ4v) is 3.23. The zero-order valence-electron chi connectivity index (χ0n) is 12.3. The molecule has 21 heavy (non-hydrogen) atoms. The second kappa shape index (κ2) is 6.03. The molecule has 2 saturated heterocycles. The predicted octanol–water partition coefficient (Wildman–Crippen LogP) is 1.62. The van der Waals surface area contributed by atoms with E-state index in [1.165, 1.54) is 0 Å². The lowest BCUT2D eigenvalue weighted by molar-refractivity contribution is -0.121. The fraction of sp³-hybridized carbons (Fsp3) is 0.562. The molecule has 1 amide bonds. The third-order valence-corrected chi connectivity index (χ3v) is 4.45. The minimum atomic E-state index is 0.000453. The molecule has 2 fully saturated rings. The SMILES string of the molecule is CN(CCO)c1ccc(NC(=O)C2CC3CCC2O3)cc1. The van der Waals surface area contributed by atoms with E-state index in [4.69, 9.17) is 9.84 Å². The van der Waals surface area contributed by atoms with E-state index >= 15 is 0 Å². The molecule has 2 bridgehead atoms. The minimum absolute atomic E-state index is 0.000453. The molecule has 1 aromatic rings. The molecule has 114 valence electrons. The fourth-order valence-electron chi connectivity index (χ4n) is 3.23. The highest BCUT2D eigenvalue weighted by atomic mass is 16.5. The largest absolute Gasteiger partial charge is 0.395 e. The van der Waals surface area contributed by atoms with E-state index in [0.29, 0.717) is 12.6 Å². The van der Waals surface area contributed by atoms with Crippen LogP contribution in [0.25, 0.3) is 0 Å². The Hall–Kier alpha value is -1.59. The Labute approximate surface area is 124 Å². The summed E-state index contributed by atoms with van der Waals surface area (Å²) >= 11 is 0. The molecule has 0 aromatic heterocycles. The summed E-state index contributed by atoms with van der Waals surface area (Å²) in [5.74, 6) is 0.0687. The number of hydrogen-bond donors (Lipinski definition) is 2. The number of benzene rings is 1. The van der Waals surface area contributed by atoms with Crippen molar-refractivity contribution >= 4 is 17.3 Å². The zero-order chi connectivity index (χ0) is 14.8. The van der Waals surface area contributed by atoms with E-state index in [1.807, 2.05) is 36.2 Å². The maximum Gasteiger partial charge on any atom is 0.230 e. The first kappa shape index (κ1) is 14.4. The minimum Gasteiger partial charge on any atom is -0.395 e. The van der Waals surface area contributed by atoms with Gasteiger partial charge in [0.2, 0.25) is 5.91 Å². The van der Waals surface area contributed by atoms with Crippen molar-refractivity contribution in [3.8, 4) is 0 Å². The van der Waals surface area contributed by atoms with Gasteiger partial charge in [-0.25, -0.2) is 0 Å². The summed E-state index contributed by atoms with van der Waals surface area (Å²) in [4.78, 5) is 14.3. The van der Waals surface area contributed by atoms with Gasteiger partial charge in [0.1, 0.15) is 0 Å². The Morgan fingerprint density at radius 2 is 2.14 bits per heavy atom. The van der Waals surface area contributed by atoms with E-state index < -0.39 is 0 Å². The van der Waals surface area contributed by atoms with Crippen molar-refractivity contribution < 1.29 is 14.6 Å².